The van der Waals surface area contributed by atoms with Crippen LogP contribution in [0.4, 0.5) is 5.69 Å². The van der Waals surface area contributed by atoms with Gasteiger partial charge in [-0.25, -0.2) is 4.98 Å². The number of nitrogens with zero attached hydrogens (tertiary/aromatic N) is 1. The second-order valence-corrected chi connectivity index (χ2v) is 9.14. The monoisotopic (exact) mass is 437 g/mol. The van der Waals surface area contributed by atoms with Gasteiger partial charge in [0.15, 0.2) is 11.5 Å². The Kier molecular flexibility index (Phi) is 3.81. The molecule has 28 heavy (non-hydrogen) atoms. The standard InChI is InChI=1S/C22H20BrN3O2/c1-22(23)10-17(27)18(28-2)9-15(22)20-14-11-25-21-19(14)13(7-8-24-21)12-5-3-4-6-16(12)26-20/h3-11,15,20,26-27H,1-2H3,(H,24,25). The Hall–Kier alpha value is -2.73. The number of methoxy groups -OCH3 is 1. The molecule has 0 amide bonds. The number of rotatable bonds is 2. The number of halogens is 1. The van der Waals surface area contributed by atoms with Crippen molar-refractivity contribution in [2.45, 2.75) is 17.3 Å². The van der Waals surface area contributed by atoms with Gasteiger partial charge >= 0.3 is 0 Å². The van der Waals surface area contributed by atoms with E-state index in [9.17, 15) is 5.11 Å². The van der Waals surface area contributed by atoms with E-state index >= 15 is 0 Å². The second-order valence-electron chi connectivity index (χ2n) is 7.44. The lowest BCUT2D eigenvalue weighted by molar-refractivity contribution is 0.241. The first-order valence-electron chi connectivity index (χ1n) is 9.18. The van der Waals surface area contributed by atoms with Crippen LogP contribution in [0.3, 0.4) is 0 Å². The normalized spacial score (nSPS) is 26.0. The van der Waals surface area contributed by atoms with E-state index < -0.39 is 4.32 Å². The number of hydrogen-bond donors (Lipinski definition) is 3. The number of benzene rings is 1. The molecule has 142 valence electrons. The Balaban J connectivity index is 1.76. The molecule has 0 spiro atoms. The zero-order chi connectivity index (χ0) is 19.5. The quantitative estimate of drug-likeness (QED) is 0.466. The smallest absolute Gasteiger partial charge is 0.156 e. The molecule has 3 heterocycles. The van der Waals surface area contributed by atoms with E-state index in [2.05, 4.69) is 62.4 Å². The zero-order valence-electron chi connectivity index (χ0n) is 15.5. The SMILES string of the molecule is COC1=CC(C2Nc3ccccc3-c3ccnc4[nH]cc2c34)C(C)(Br)C=C1O. The summed E-state index contributed by atoms with van der Waals surface area (Å²) in [4.78, 5) is 7.86. The van der Waals surface area contributed by atoms with Crippen molar-refractivity contribution >= 4 is 32.7 Å². The molecule has 2 aliphatic rings. The highest BCUT2D eigenvalue weighted by Gasteiger charge is 2.41. The molecule has 3 atom stereocenters. The predicted molar refractivity (Wildman–Crippen MR) is 115 cm³/mol. The summed E-state index contributed by atoms with van der Waals surface area (Å²) >= 11 is 3.83. The highest BCUT2D eigenvalue weighted by molar-refractivity contribution is 9.10. The lowest BCUT2D eigenvalue weighted by Crippen LogP contribution is -2.36. The van der Waals surface area contributed by atoms with Crippen molar-refractivity contribution in [3.63, 3.8) is 0 Å². The van der Waals surface area contributed by atoms with Crippen LogP contribution in [0, 0.1) is 5.92 Å². The molecule has 2 aromatic heterocycles. The first kappa shape index (κ1) is 17.4. The number of aliphatic hydroxyl groups excluding tert-OH is 1. The molecule has 5 nitrogen and oxygen atoms in total. The van der Waals surface area contributed by atoms with Crippen molar-refractivity contribution in [1.29, 1.82) is 0 Å². The van der Waals surface area contributed by atoms with E-state index in [0.29, 0.717) is 5.76 Å². The summed E-state index contributed by atoms with van der Waals surface area (Å²) < 4.78 is 4.96. The minimum Gasteiger partial charge on any atom is -0.504 e. The van der Waals surface area contributed by atoms with Crippen LogP contribution in [0.25, 0.3) is 22.2 Å². The van der Waals surface area contributed by atoms with E-state index in [1.165, 1.54) is 0 Å². The van der Waals surface area contributed by atoms with Crippen LogP contribution >= 0.6 is 15.9 Å². The van der Waals surface area contributed by atoms with Gasteiger partial charge in [-0.1, -0.05) is 34.1 Å². The Bertz CT molecular complexity index is 1150. The highest BCUT2D eigenvalue weighted by Crippen LogP contribution is 2.49. The lowest BCUT2D eigenvalue weighted by atomic mass is 9.80. The number of alkyl halides is 1. The van der Waals surface area contributed by atoms with Gasteiger partial charge in [-0.05, 0) is 36.8 Å². The third kappa shape index (κ3) is 2.48. The molecular formula is C22H20BrN3O2. The molecule has 3 aromatic rings. The van der Waals surface area contributed by atoms with Gasteiger partial charge in [0, 0.05) is 40.5 Å². The average molecular weight is 438 g/mol. The topological polar surface area (TPSA) is 70.2 Å². The number of aromatic amines is 1. The fourth-order valence-corrected chi connectivity index (χ4v) is 4.98. The summed E-state index contributed by atoms with van der Waals surface area (Å²) in [6.07, 6.45) is 7.67. The summed E-state index contributed by atoms with van der Waals surface area (Å²) in [6, 6.07) is 10.3. The molecule has 1 aliphatic carbocycles. The van der Waals surface area contributed by atoms with Crippen molar-refractivity contribution in [3.05, 3.63) is 72.0 Å². The van der Waals surface area contributed by atoms with Crippen molar-refractivity contribution in [2.75, 3.05) is 12.4 Å². The lowest BCUT2D eigenvalue weighted by Gasteiger charge is -2.37. The number of anilines is 1. The molecule has 0 saturated heterocycles. The third-order valence-electron chi connectivity index (χ3n) is 5.70. The molecule has 1 aliphatic heterocycles. The van der Waals surface area contributed by atoms with E-state index in [4.69, 9.17) is 4.74 Å². The molecule has 0 fully saturated rings. The molecule has 0 saturated carbocycles. The number of allylic oxidation sites excluding steroid dienone is 1. The van der Waals surface area contributed by atoms with Gasteiger partial charge in [-0.2, -0.15) is 0 Å². The number of aliphatic hydroxyl groups is 1. The molecule has 0 bridgehead atoms. The summed E-state index contributed by atoms with van der Waals surface area (Å²) in [7, 11) is 1.58. The maximum Gasteiger partial charge on any atom is 0.156 e. The van der Waals surface area contributed by atoms with Crippen molar-refractivity contribution in [2.24, 2.45) is 5.92 Å². The van der Waals surface area contributed by atoms with Crippen molar-refractivity contribution < 1.29 is 9.84 Å². The van der Waals surface area contributed by atoms with E-state index in [-0.39, 0.29) is 17.7 Å². The Morgan fingerprint density at radius 1 is 1.21 bits per heavy atom. The van der Waals surface area contributed by atoms with Crippen molar-refractivity contribution in [1.82, 2.24) is 9.97 Å². The zero-order valence-corrected chi connectivity index (χ0v) is 17.1. The van der Waals surface area contributed by atoms with Gasteiger partial charge in [0.2, 0.25) is 0 Å². The molecular weight excluding hydrogens is 418 g/mol. The Morgan fingerprint density at radius 2 is 2.04 bits per heavy atom. The first-order chi connectivity index (χ1) is 13.5. The number of nitrogens with one attached hydrogen (secondary N) is 2. The fourth-order valence-electron chi connectivity index (χ4n) is 4.36. The van der Waals surface area contributed by atoms with Gasteiger partial charge in [-0.3, -0.25) is 0 Å². The van der Waals surface area contributed by atoms with Gasteiger partial charge in [0.1, 0.15) is 5.65 Å². The van der Waals surface area contributed by atoms with Crippen LogP contribution < -0.4 is 5.32 Å². The van der Waals surface area contributed by atoms with Gasteiger partial charge < -0.3 is 20.1 Å². The van der Waals surface area contributed by atoms with E-state index in [1.807, 2.05) is 30.6 Å². The molecule has 3 unspecified atom stereocenters. The van der Waals surface area contributed by atoms with Crippen LogP contribution in [0.5, 0.6) is 0 Å². The number of H-pyrrole nitrogens is 1. The van der Waals surface area contributed by atoms with Gasteiger partial charge in [-0.15, -0.1) is 0 Å². The Morgan fingerprint density at radius 3 is 2.86 bits per heavy atom. The molecule has 1 aromatic carbocycles. The summed E-state index contributed by atoms with van der Waals surface area (Å²) in [5.41, 5.74) is 5.41. The minimum absolute atomic E-state index is 0.0171. The van der Waals surface area contributed by atoms with E-state index in [1.54, 1.807) is 7.11 Å². The number of para-hydroxylation sites is 1. The highest BCUT2D eigenvalue weighted by atomic mass is 79.9. The van der Waals surface area contributed by atoms with Crippen LogP contribution in [-0.2, 0) is 4.74 Å². The van der Waals surface area contributed by atoms with Crippen LogP contribution in [0.1, 0.15) is 18.5 Å². The second kappa shape index (κ2) is 6.14. The number of aromatic nitrogens is 2. The molecule has 0 radical (unpaired) electrons. The summed E-state index contributed by atoms with van der Waals surface area (Å²) in [6.45, 7) is 2.06. The van der Waals surface area contributed by atoms with Crippen molar-refractivity contribution in [3.8, 4) is 11.1 Å². The predicted octanol–water partition coefficient (Wildman–Crippen LogP) is 5.45. The maximum absolute atomic E-state index is 10.3. The number of pyridine rings is 1. The largest absolute Gasteiger partial charge is 0.504 e. The third-order valence-corrected chi connectivity index (χ3v) is 6.46. The van der Waals surface area contributed by atoms with Gasteiger partial charge in [0.25, 0.3) is 0 Å². The summed E-state index contributed by atoms with van der Waals surface area (Å²) in [5, 5.41) is 15.2. The first-order valence-corrected chi connectivity index (χ1v) is 9.98. The summed E-state index contributed by atoms with van der Waals surface area (Å²) in [5.74, 6) is 0.615. The Labute approximate surface area is 171 Å². The van der Waals surface area contributed by atoms with E-state index in [0.717, 1.165) is 33.4 Å². The number of fused-ring (bicyclic) bond motifs is 2. The molecule has 5 rings (SSSR count). The fraction of sp³-hybridized carbons (Fsp3) is 0.227. The molecule has 6 heteroatoms. The average Bonchev–Trinajstić information content (AvgIpc) is 3.04. The number of ether oxygens (including phenoxy) is 1. The minimum atomic E-state index is -0.456. The van der Waals surface area contributed by atoms with Crippen LogP contribution in [-0.4, -0.2) is 26.5 Å². The maximum atomic E-state index is 10.3. The van der Waals surface area contributed by atoms with Crippen LogP contribution in [0.15, 0.2) is 66.4 Å². The van der Waals surface area contributed by atoms with Crippen LogP contribution in [0.2, 0.25) is 0 Å². The number of hydrogen-bond acceptors (Lipinski definition) is 4. The molecule has 3 N–H and O–H groups in total. The van der Waals surface area contributed by atoms with Gasteiger partial charge in [0.05, 0.1) is 17.5 Å².